The fraction of sp³-hybridized carbons (Fsp3) is 0.833. The molecule has 0 spiro atoms. The molecule has 4 saturated carbocycles. The van der Waals surface area contributed by atoms with E-state index < -0.39 is 29.1 Å². The quantitative estimate of drug-likeness (QED) is 0.338. The number of hydrogen-bond donors (Lipinski definition) is 3. The average molecular weight is 550 g/mol. The first-order chi connectivity index (χ1) is 17.8. The van der Waals surface area contributed by atoms with Crippen LogP contribution in [0.1, 0.15) is 86.0 Å². The van der Waals surface area contributed by atoms with Crippen LogP contribution in [0.15, 0.2) is 12.7 Å². The molecule has 4 aliphatic carbocycles. The first kappa shape index (κ1) is 29.6. The first-order valence-corrected chi connectivity index (χ1v) is 15.4. The van der Waals surface area contributed by atoms with Crippen LogP contribution in [0.25, 0.3) is 0 Å². The lowest BCUT2D eigenvalue weighted by molar-refractivity contribution is -0.205. The number of esters is 1. The van der Waals surface area contributed by atoms with Crippen molar-refractivity contribution < 1.29 is 29.3 Å². The van der Waals surface area contributed by atoms with Crippen molar-refractivity contribution in [2.75, 3.05) is 5.75 Å². The Bertz CT molecular complexity index is 957. The van der Waals surface area contributed by atoms with E-state index >= 15 is 0 Å². The zero-order chi connectivity index (χ0) is 28.0. The number of ether oxygens (including phenoxy) is 1. The van der Waals surface area contributed by atoms with Crippen LogP contribution >= 0.6 is 11.8 Å². The molecule has 0 aromatic carbocycles. The molecule has 7 nitrogen and oxygen atoms in total. The highest BCUT2D eigenvalue weighted by atomic mass is 32.2. The summed E-state index contributed by atoms with van der Waals surface area (Å²) in [7, 11) is 0. The summed E-state index contributed by atoms with van der Waals surface area (Å²) in [6.07, 6.45) is 5.51. The average Bonchev–Trinajstić information content (AvgIpc) is 3.21. The Morgan fingerprint density at radius 1 is 1.18 bits per heavy atom. The van der Waals surface area contributed by atoms with E-state index in [2.05, 4.69) is 32.7 Å². The molecule has 4 fully saturated rings. The van der Waals surface area contributed by atoms with Gasteiger partial charge in [0.15, 0.2) is 0 Å². The Labute approximate surface area is 231 Å². The van der Waals surface area contributed by atoms with Crippen molar-refractivity contribution in [1.29, 1.82) is 0 Å². The second kappa shape index (κ2) is 10.9. The van der Waals surface area contributed by atoms with Crippen LogP contribution in [0.4, 0.5) is 0 Å². The second-order valence-corrected chi connectivity index (χ2v) is 14.4. The van der Waals surface area contributed by atoms with Gasteiger partial charge in [0.1, 0.15) is 11.9 Å². The zero-order valence-corrected chi connectivity index (χ0v) is 24.5. The van der Waals surface area contributed by atoms with Crippen molar-refractivity contribution in [3.8, 4) is 0 Å². The monoisotopic (exact) mass is 549 g/mol. The number of carbonyl (C=O) groups excluding carboxylic acids is 3. The van der Waals surface area contributed by atoms with Crippen molar-refractivity contribution >= 4 is 29.4 Å². The van der Waals surface area contributed by atoms with Crippen molar-refractivity contribution in [3.63, 3.8) is 0 Å². The minimum absolute atomic E-state index is 0.0384. The Kier molecular flexibility index (Phi) is 8.48. The minimum atomic E-state index is -0.684. The summed E-state index contributed by atoms with van der Waals surface area (Å²) in [5, 5.41) is 25.1. The van der Waals surface area contributed by atoms with E-state index in [4.69, 9.17) is 4.74 Å². The van der Waals surface area contributed by atoms with Gasteiger partial charge in [-0.1, -0.05) is 33.8 Å². The van der Waals surface area contributed by atoms with Gasteiger partial charge in [0, 0.05) is 41.4 Å². The molecular formula is C30H47NO6S. The van der Waals surface area contributed by atoms with Crippen molar-refractivity contribution in [1.82, 2.24) is 5.32 Å². The number of aliphatic hydroxyl groups is 2. The highest BCUT2D eigenvalue weighted by Gasteiger charge is 2.68. The van der Waals surface area contributed by atoms with E-state index in [0.717, 1.165) is 25.7 Å². The molecule has 0 aromatic heterocycles. The Morgan fingerprint density at radius 2 is 1.89 bits per heavy atom. The minimum Gasteiger partial charge on any atom is -0.461 e. The molecular weight excluding hydrogens is 502 g/mol. The molecule has 0 radical (unpaired) electrons. The lowest BCUT2D eigenvalue weighted by Gasteiger charge is -2.61. The maximum Gasteiger partial charge on any atom is 0.316 e. The van der Waals surface area contributed by atoms with Crippen molar-refractivity contribution in [3.05, 3.63) is 12.7 Å². The molecule has 0 saturated heterocycles. The summed E-state index contributed by atoms with van der Waals surface area (Å²) in [6.45, 7) is 14.0. The largest absolute Gasteiger partial charge is 0.461 e. The summed E-state index contributed by atoms with van der Waals surface area (Å²) in [4.78, 5) is 38.2. The van der Waals surface area contributed by atoms with Gasteiger partial charge in [-0.2, -0.15) is 0 Å². The molecule has 2 bridgehead atoms. The van der Waals surface area contributed by atoms with Gasteiger partial charge in [-0.3, -0.25) is 14.4 Å². The normalized spacial score (nSPS) is 46.9. The van der Waals surface area contributed by atoms with Gasteiger partial charge < -0.3 is 20.3 Å². The Morgan fingerprint density at radius 3 is 2.53 bits per heavy atom. The van der Waals surface area contributed by atoms with E-state index in [1.807, 2.05) is 13.0 Å². The third-order valence-electron chi connectivity index (χ3n) is 11.2. The van der Waals surface area contributed by atoms with Crippen LogP contribution < -0.4 is 5.32 Å². The SMILES string of the molecule is C=C[C@]1(C)C[C@@H](OC(=O)CS[C@@H]2CC[C@@H](NC(C)=O)C[C@H]2O)[C@]2(C)[C@H](C)CC[C@]3(CCC(=O)[C@H]32)[C@@H](C)[C@@H]1O. The summed E-state index contributed by atoms with van der Waals surface area (Å²) >= 11 is 1.41. The van der Waals surface area contributed by atoms with Crippen LogP contribution in [0.2, 0.25) is 0 Å². The van der Waals surface area contributed by atoms with Gasteiger partial charge >= 0.3 is 5.97 Å². The van der Waals surface area contributed by atoms with Crippen molar-refractivity contribution in [2.24, 2.45) is 34.0 Å². The van der Waals surface area contributed by atoms with E-state index in [1.54, 1.807) is 0 Å². The number of Topliss-reactive ketones (excluding diaryl/α,β-unsaturated/α-hetero) is 1. The van der Waals surface area contributed by atoms with Crippen LogP contribution in [0.3, 0.4) is 0 Å². The van der Waals surface area contributed by atoms with E-state index in [-0.39, 0.29) is 57.9 Å². The van der Waals surface area contributed by atoms with Gasteiger partial charge in [0.25, 0.3) is 0 Å². The Balaban J connectivity index is 1.54. The lowest BCUT2D eigenvalue weighted by atomic mass is 9.44. The van der Waals surface area contributed by atoms with E-state index in [9.17, 15) is 24.6 Å². The fourth-order valence-electron chi connectivity index (χ4n) is 8.60. The summed E-state index contributed by atoms with van der Waals surface area (Å²) < 4.78 is 6.31. The molecule has 11 atom stereocenters. The summed E-state index contributed by atoms with van der Waals surface area (Å²) in [6, 6.07) is -0.0384. The molecule has 214 valence electrons. The molecule has 0 unspecified atom stereocenters. The third kappa shape index (κ3) is 4.98. The van der Waals surface area contributed by atoms with Crippen LogP contribution in [-0.2, 0) is 19.1 Å². The van der Waals surface area contributed by atoms with Gasteiger partial charge in [-0.25, -0.2) is 0 Å². The van der Waals surface area contributed by atoms with Gasteiger partial charge in [0.05, 0.1) is 18.0 Å². The number of hydrogen-bond acceptors (Lipinski definition) is 7. The third-order valence-corrected chi connectivity index (χ3v) is 12.5. The summed E-state index contributed by atoms with van der Waals surface area (Å²) in [5.41, 5.74) is -1.48. The number of carbonyl (C=O) groups is 3. The number of ketones is 1. The van der Waals surface area contributed by atoms with Gasteiger partial charge in [-0.15, -0.1) is 18.3 Å². The maximum absolute atomic E-state index is 13.5. The highest BCUT2D eigenvalue weighted by molar-refractivity contribution is 8.00. The van der Waals surface area contributed by atoms with Crippen LogP contribution in [-0.4, -0.2) is 63.2 Å². The predicted octanol–water partition coefficient (Wildman–Crippen LogP) is 4.04. The van der Waals surface area contributed by atoms with Gasteiger partial charge in [0.2, 0.25) is 5.91 Å². The molecule has 1 amide bonds. The number of thioether (sulfide) groups is 1. The van der Waals surface area contributed by atoms with Gasteiger partial charge in [-0.05, 0) is 62.2 Å². The molecule has 8 heteroatoms. The molecule has 38 heavy (non-hydrogen) atoms. The molecule has 4 aliphatic rings. The lowest BCUT2D eigenvalue weighted by Crippen LogP contribution is -2.63. The van der Waals surface area contributed by atoms with E-state index in [1.165, 1.54) is 18.7 Å². The predicted molar refractivity (Wildman–Crippen MR) is 148 cm³/mol. The van der Waals surface area contributed by atoms with Crippen molar-refractivity contribution in [2.45, 2.75) is 116 Å². The highest BCUT2D eigenvalue weighted by Crippen LogP contribution is 2.68. The number of aliphatic hydroxyl groups excluding tert-OH is 2. The van der Waals surface area contributed by atoms with E-state index in [0.29, 0.717) is 25.7 Å². The van der Waals surface area contributed by atoms with Crippen LogP contribution in [0.5, 0.6) is 0 Å². The number of nitrogens with one attached hydrogen (secondary N) is 1. The number of amides is 1. The first-order valence-electron chi connectivity index (χ1n) is 14.4. The standard InChI is InChI=1S/C30H47NO6S/c1-7-28(5)15-24(37-25(35)16-38-23-9-8-20(14-22(23)34)31-19(4)32)29(6)17(2)10-12-30(18(3)27(28)36)13-11-21(33)26(29)30/h7,17-18,20,22-24,26-27,34,36H,1,8-16H2,2-6H3,(H,31,32)/t17-,18+,20-,22-,23-,24-,26+,27+,28-,29+,30+/m1/s1. The molecule has 3 N–H and O–H groups in total. The zero-order valence-electron chi connectivity index (χ0n) is 23.7. The topological polar surface area (TPSA) is 113 Å². The smallest absolute Gasteiger partial charge is 0.316 e. The number of rotatable bonds is 6. The second-order valence-electron chi connectivity index (χ2n) is 13.2. The molecule has 0 heterocycles. The maximum atomic E-state index is 13.5. The Hall–Kier alpha value is -1.38. The molecule has 0 aliphatic heterocycles. The van der Waals surface area contributed by atoms with Crippen LogP contribution in [0, 0.1) is 34.0 Å². The fourth-order valence-corrected chi connectivity index (χ4v) is 9.66. The molecule has 4 rings (SSSR count). The molecule has 0 aromatic rings. The summed E-state index contributed by atoms with van der Waals surface area (Å²) in [5.74, 6) is -0.200.